The predicted octanol–water partition coefficient (Wildman–Crippen LogP) is 1.93. The van der Waals surface area contributed by atoms with Gasteiger partial charge < -0.3 is 15.0 Å². The van der Waals surface area contributed by atoms with Gasteiger partial charge in [0.25, 0.3) is 5.91 Å². The molecular formula is C16H24N2O3. The van der Waals surface area contributed by atoms with E-state index in [9.17, 15) is 14.7 Å². The summed E-state index contributed by atoms with van der Waals surface area (Å²) in [7, 11) is 0. The molecule has 2 N–H and O–H groups in total. The van der Waals surface area contributed by atoms with Crippen LogP contribution in [0.5, 0.6) is 0 Å². The largest absolute Gasteiger partial charge is 0.393 e. The van der Waals surface area contributed by atoms with Crippen LogP contribution in [0, 0.1) is 12.8 Å². The zero-order valence-electron chi connectivity index (χ0n) is 13.2. The van der Waals surface area contributed by atoms with Crippen LogP contribution in [0.3, 0.4) is 0 Å². The first kappa shape index (κ1) is 15.8. The fourth-order valence-corrected chi connectivity index (χ4v) is 3.21. The number of aryl methyl sites for hydroxylation is 1. The van der Waals surface area contributed by atoms with Crippen LogP contribution in [0.1, 0.15) is 59.3 Å². The van der Waals surface area contributed by atoms with Gasteiger partial charge in [0, 0.05) is 30.3 Å². The van der Waals surface area contributed by atoms with Gasteiger partial charge in [-0.25, -0.2) is 0 Å². The van der Waals surface area contributed by atoms with Gasteiger partial charge in [0.2, 0.25) is 0 Å². The summed E-state index contributed by atoms with van der Waals surface area (Å²) < 4.78 is 0. The minimum absolute atomic E-state index is 0.0112. The number of aliphatic hydroxyl groups is 1. The van der Waals surface area contributed by atoms with Gasteiger partial charge in [-0.3, -0.25) is 9.59 Å². The maximum absolute atomic E-state index is 12.7. The first-order chi connectivity index (χ1) is 9.86. The maximum Gasteiger partial charge on any atom is 0.270 e. The summed E-state index contributed by atoms with van der Waals surface area (Å²) in [6, 6.07) is 0. The van der Waals surface area contributed by atoms with Gasteiger partial charge in [-0.15, -0.1) is 0 Å². The number of carbonyl (C=O) groups excluding carboxylic acids is 2. The second kappa shape index (κ2) is 6.02. The van der Waals surface area contributed by atoms with E-state index in [1.54, 1.807) is 11.8 Å². The molecule has 1 aliphatic heterocycles. The van der Waals surface area contributed by atoms with Crippen molar-refractivity contribution in [2.24, 2.45) is 5.92 Å². The Morgan fingerprint density at radius 1 is 1.48 bits per heavy atom. The van der Waals surface area contributed by atoms with Gasteiger partial charge in [-0.1, -0.05) is 6.92 Å². The van der Waals surface area contributed by atoms with Crippen molar-refractivity contribution in [3.05, 3.63) is 22.5 Å². The van der Waals surface area contributed by atoms with E-state index in [2.05, 4.69) is 4.98 Å². The van der Waals surface area contributed by atoms with Gasteiger partial charge in [0.15, 0.2) is 5.78 Å². The third kappa shape index (κ3) is 2.88. The van der Waals surface area contributed by atoms with Crippen molar-refractivity contribution >= 4 is 11.7 Å². The number of aromatic nitrogens is 1. The highest BCUT2D eigenvalue weighted by Gasteiger charge is 2.32. The van der Waals surface area contributed by atoms with E-state index in [4.69, 9.17) is 0 Å². The normalized spacial score (nSPS) is 19.9. The van der Waals surface area contributed by atoms with Crippen LogP contribution in [0.2, 0.25) is 0 Å². The summed E-state index contributed by atoms with van der Waals surface area (Å²) >= 11 is 0. The number of nitrogens with zero attached hydrogens (tertiary/aromatic N) is 1. The SMILES string of the molecule is CCc1c(C(=O)N2CCC(C(C)O)C2)[nH]c(C)c1C(C)=O. The second-order valence-corrected chi connectivity index (χ2v) is 5.93. The van der Waals surface area contributed by atoms with Gasteiger partial charge >= 0.3 is 0 Å². The number of rotatable bonds is 4. The molecule has 0 aliphatic carbocycles. The summed E-state index contributed by atoms with van der Waals surface area (Å²) in [5, 5.41) is 9.65. The van der Waals surface area contributed by atoms with Gasteiger partial charge in [-0.2, -0.15) is 0 Å². The van der Waals surface area contributed by atoms with Crippen LogP contribution < -0.4 is 0 Å². The molecule has 2 heterocycles. The molecule has 0 saturated carbocycles. The molecule has 1 fully saturated rings. The van der Waals surface area contributed by atoms with Crippen molar-refractivity contribution < 1.29 is 14.7 Å². The van der Waals surface area contributed by atoms with Crippen molar-refractivity contribution in [2.45, 2.75) is 46.6 Å². The molecule has 0 aromatic carbocycles. The Bertz CT molecular complexity index is 560. The van der Waals surface area contributed by atoms with Crippen LogP contribution in [-0.2, 0) is 6.42 Å². The van der Waals surface area contributed by atoms with Crippen LogP contribution >= 0.6 is 0 Å². The molecule has 0 bridgehead atoms. The van der Waals surface area contributed by atoms with Gasteiger partial charge in [0.05, 0.1) is 6.10 Å². The van der Waals surface area contributed by atoms with E-state index in [1.807, 2.05) is 13.8 Å². The van der Waals surface area contributed by atoms with E-state index in [0.717, 1.165) is 17.7 Å². The molecule has 1 saturated heterocycles. The second-order valence-electron chi connectivity index (χ2n) is 5.93. The third-order valence-corrected chi connectivity index (χ3v) is 4.40. The Balaban J connectivity index is 2.28. The molecule has 0 spiro atoms. The van der Waals surface area contributed by atoms with E-state index in [-0.39, 0.29) is 17.6 Å². The summed E-state index contributed by atoms with van der Waals surface area (Å²) in [6.45, 7) is 8.31. The number of Topliss-reactive ketones (excluding diaryl/α,β-unsaturated/α-hetero) is 1. The zero-order chi connectivity index (χ0) is 15.7. The van der Waals surface area contributed by atoms with Crippen LogP contribution in [0.4, 0.5) is 0 Å². The van der Waals surface area contributed by atoms with Crippen LogP contribution in [0.15, 0.2) is 0 Å². The average molecular weight is 292 g/mol. The average Bonchev–Trinajstić information content (AvgIpc) is 3.01. The number of hydrogen-bond donors (Lipinski definition) is 2. The molecule has 1 aromatic heterocycles. The topological polar surface area (TPSA) is 73.4 Å². The van der Waals surface area contributed by atoms with Crippen molar-refractivity contribution in [2.75, 3.05) is 13.1 Å². The fraction of sp³-hybridized carbons (Fsp3) is 0.625. The van der Waals surface area contributed by atoms with Gasteiger partial charge in [0.1, 0.15) is 5.69 Å². The monoisotopic (exact) mass is 292 g/mol. The highest BCUT2D eigenvalue weighted by Crippen LogP contribution is 2.25. The third-order valence-electron chi connectivity index (χ3n) is 4.40. The Hall–Kier alpha value is -1.62. The molecule has 2 rings (SSSR count). The number of likely N-dealkylation sites (tertiary alicyclic amines) is 1. The predicted molar refractivity (Wildman–Crippen MR) is 80.6 cm³/mol. The number of nitrogens with one attached hydrogen (secondary N) is 1. The Morgan fingerprint density at radius 3 is 2.62 bits per heavy atom. The standard InChI is InChI=1S/C16H24N2O3/c1-5-13-14(11(4)20)9(2)17-15(13)16(21)18-7-6-12(8-18)10(3)19/h10,12,17,19H,5-8H2,1-4H3. The number of carbonyl (C=O) groups is 2. The summed E-state index contributed by atoms with van der Waals surface area (Å²) in [5.41, 5.74) is 2.75. The number of H-pyrrole nitrogens is 1. The number of aliphatic hydroxyl groups excluding tert-OH is 1. The molecule has 1 aromatic rings. The van der Waals surface area contributed by atoms with Gasteiger partial charge in [-0.05, 0) is 39.2 Å². The molecule has 116 valence electrons. The maximum atomic E-state index is 12.7. The van der Waals surface area contributed by atoms with E-state index >= 15 is 0 Å². The minimum Gasteiger partial charge on any atom is -0.393 e. The van der Waals surface area contributed by atoms with Crippen molar-refractivity contribution in [3.8, 4) is 0 Å². The molecule has 2 unspecified atom stereocenters. The molecule has 5 heteroatoms. The molecule has 21 heavy (non-hydrogen) atoms. The Kier molecular flexibility index (Phi) is 4.52. The smallest absolute Gasteiger partial charge is 0.270 e. The lowest BCUT2D eigenvalue weighted by atomic mass is 10.0. The quantitative estimate of drug-likeness (QED) is 0.833. The fourth-order valence-electron chi connectivity index (χ4n) is 3.21. The summed E-state index contributed by atoms with van der Waals surface area (Å²) in [5.74, 6) is 0.0656. The lowest BCUT2D eigenvalue weighted by Gasteiger charge is -2.18. The van der Waals surface area contributed by atoms with Crippen LogP contribution in [0.25, 0.3) is 0 Å². The number of ketones is 1. The number of hydrogen-bond acceptors (Lipinski definition) is 3. The van der Waals surface area contributed by atoms with Crippen molar-refractivity contribution in [3.63, 3.8) is 0 Å². The Labute approximate surface area is 125 Å². The summed E-state index contributed by atoms with van der Waals surface area (Å²) in [4.78, 5) is 29.3. The first-order valence-corrected chi connectivity index (χ1v) is 7.56. The van der Waals surface area contributed by atoms with Crippen molar-refractivity contribution in [1.82, 2.24) is 9.88 Å². The van der Waals surface area contributed by atoms with Crippen molar-refractivity contribution in [1.29, 1.82) is 0 Å². The molecule has 1 amide bonds. The molecule has 5 nitrogen and oxygen atoms in total. The van der Waals surface area contributed by atoms with E-state index < -0.39 is 6.10 Å². The minimum atomic E-state index is -0.397. The highest BCUT2D eigenvalue weighted by molar-refractivity contribution is 6.02. The molecule has 1 aliphatic rings. The number of amides is 1. The van der Waals surface area contributed by atoms with E-state index in [0.29, 0.717) is 30.8 Å². The highest BCUT2D eigenvalue weighted by atomic mass is 16.3. The molecule has 2 atom stereocenters. The molecule has 0 radical (unpaired) electrons. The molecular weight excluding hydrogens is 268 g/mol. The lowest BCUT2D eigenvalue weighted by molar-refractivity contribution is 0.0756. The van der Waals surface area contributed by atoms with E-state index in [1.165, 1.54) is 6.92 Å². The Morgan fingerprint density at radius 2 is 2.14 bits per heavy atom. The first-order valence-electron chi connectivity index (χ1n) is 7.56. The zero-order valence-corrected chi connectivity index (χ0v) is 13.2. The summed E-state index contributed by atoms with van der Waals surface area (Å²) in [6.07, 6.45) is 1.07. The lowest BCUT2D eigenvalue weighted by Crippen LogP contribution is -2.31. The van der Waals surface area contributed by atoms with Crippen LogP contribution in [-0.4, -0.2) is 45.9 Å². The number of aromatic amines is 1.